The SMILES string of the molecule is C.C.C.CC[C@@H]1c2oncc2C[C@]2(C)c3nn(C)c(-c4ccccc4)c3CC[C@@H]12.CNO.[C-]#[N+]C1=C[C@]2(C)c3nn(C)c(-c4ccccc4)c3CC[C@H]2[C@H](CC)C1=O.[C-]#[N+]C1C[C@]2(C)c3nn(C)c(-c4ccccc4)c3CC[C@H]2[C@H](CC)C1=O. The predicted octanol–water partition coefficient (Wildman–Crippen LogP) is 14.7. The average Bonchev–Trinajstić information content (AvgIpc) is 1.56. The van der Waals surface area contributed by atoms with E-state index < -0.39 is 6.04 Å². The fourth-order valence-corrected chi connectivity index (χ4v) is 16.1. The largest absolute Gasteiger partial charge is 0.361 e. The molecule has 13 rings (SSSR count). The second-order valence-corrected chi connectivity index (χ2v) is 24.0. The Hall–Kier alpha value is -7.52. The van der Waals surface area contributed by atoms with Gasteiger partial charge in [-0.15, -0.1) is 0 Å². The minimum atomic E-state index is -0.519. The number of aryl methyl sites for hydroxylation is 3. The first-order valence-electron chi connectivity index (χ1n) is 29.2. The number of hydroxylamine groups is 1. The number of nitrogens with one attached hydrogen (secondary N) is 1. The van der Waals surface area contributed by atoms with Gasteiger partial charge in [0.05, 0.1) is 46.9 Å². The van der Waals surface area contributed by atoms with Crippen molar-refractivity contribution in [2.75, 3.05) is 7.05 Å². The number of allylic oxidation sites excluding steroid dienone is 2. The van der Waals surface area contributed by atoms with Crippen molar-refractivity contribution in [2.24, 2.45) is 50.7 Å². The molecular formula is C70H90N10O4. The van der Waals surface area contributed by atoms with E-state index in [2.05, 4.69) is 135 Å². The molecule has 0 aliphatic heterocycles. The zero-order valence-corrected chi connectivity index (χ0v) is 48.8. The number of benzene rings is 3. The van der Waals surface area contributed by atoms with Gasteiger partial charge in [0.1, 0.15) is 5.76 Å². The van der Waals surface area contributed by atoms with Gasteiger partial charge >= 0.3 is 0 Å². The fourth-order valence-electron chi connectivity index (χ4n) is 16.1. The molecule has 1 unspecified atom stereocenters. The zero-order chi connectivity index (χ0) is 57.5. The van der Waals surface area contributed by atoms with Crippen LogP contribution in [0.2, 0.25) is 0 Å². The third kappa shape index (κ3) is 10.6. The molecule has 10 atom stereocenters. The zero-order valence-electron chi connectivity index (χ0n) is 48.8. The lowest BCUT2D eigenvalue weighted by Crippen LogP contribution is -2.52. The second-order valence-electron chi connectivity index (χ2n) is 24.0. The molecule has 2 N–H and O–H groups in total. The van der Waals surface area contributed by atoms with Gasteiger partial charge in [-0.3, -0.25) is 18.8 Å². The summed E-state index contributed by atoms with van der Waals surface area (Å²) in [5.74, 6) is 2.74. The molecule has 4 heterocycles. The number of carbonyl (C=O) groups is 2. The number of nitrogens with zero attached hydrogens (tertiary/aromatic N) is 9. The van der Waals surface area contributed by atoms with Gasteiger partial charge in [0.25, 0.3) is 6.04 Å². The summed E-state index contributed by atoms with van der Waals surface area (Å²) in [6.45, 7) is 28.2. The summed E-state index contributed by atoms with van der Waals surface area (Å²) in [7, 11) is 7.52. The Labute approximate surface area is 499 Å². The summed E-state index contributed by atoms with van der Waals surface area (Å²) >= 11 is 0. The van der Waals surface area contributed by atoms with E-state index in [4.69, 9.17) is 38.2 Å². The van der Waals surface area contributed by atoms with E-state index in [-0.39, 0.29) is 73.5 Å². The molecule has 0 spiro atoms. The second kappa shape index (κ2) is 25.8. The van der Waals surface area contributed by atoms with Gasteiger partial charge < -0.3 is 19.4 Å². The van der Waals surface area contributed by atoms with Crippen molar-refractivity contribution in [3.63, 3.8) is 0 Å². The summed E-state index contributed by atoms with van der Waals surface area (Å²) in [6, 6.07) is 30.9. The van der Waals surface area contributed by atoms with Gasteiger partial charge in [-0.1, -0.05) is 166 Å². The number of ketones is 2. The van der Waals surface area contributed by atoms with Crippen molar-refractivity contribution in [3.05, 3.63) is 177 Å². The van der Waals surface area contributed by atoms with Crippen molar-refractivity contribution >= 4 is 11.6 Å². The van der Waals surface area contributed by atoms with Crippen molar-refractivity contribution < 1.29 is 19.3 Å². The molecule has 4 aromatic heterocycles. The van der Waals surface area contributed by atoms with Gasteiger partial charge in [0, 0.05) is 108 Å². The number of aromatic nitrogens is 7. The fraction of sp³-hybridized carbons (Fsp3) is 0.486. The van der Waals surface area contributed by atoms with E-state index >= 15 is 0 Å². The van der Waals surface area contributed by atoms with Crippen LogP contribution in [0, 0.1) is 42.7 Å². The Bertz CT molecular complexity index is 3560. The molecule has 1 fully saturated rings. The molecule has 3 aromatic carbocycles. The molecule has 1 saturated carbocycles. The van der Waals surface area contributed by atoms with Crippen LogP contribution in [0.5, 0.6) is 0 Å². The highest BCUT2D eigenvalue weighted by molar-refractivity contribution is 6.00. The Morgan fingerprint density at radius 2 is 1.05 bits per heavy atom. The van der Waals surface area contributed by atoms with Crippen LogP contribution in [0.15, 0.2) is 113 Å². The molecule has 6 aliphatic carbocycles. The number of rotatable bonds is 6. The first-order valence-corrected chi connectivity index (χ1v) is 29.2. The molecule has 0 saturated heterocycles. The molecule has 14 nitrogen and oxygen atoms in total. The highest BCUT2D eigenvalue weighted by atomic mass is 16.5. The maximum Gasteiger partial charge on any atom is 0.282 e. The summed E-state index contributed by atoms with van der Waals surface area (Å²) in [5, 5.41) is 26.4. The standard InChI is InChI=1S/2C22H25N3O.C22H23N3O.CH5NO.3CH4/c1-4-16-18-11-10-17-19(14-8-6-5-7-9-14)25(3)24-21(17)22(18,2)12-15-13-23-26-20(15)16;2*1-5-15-17-12-11-16-19(14-9-7-6-8-10-14)25(4)24-21(16)22(17,2)13-18(23-3)20(15)26;1-2-3;;;/h5-9,13,16,18H,4,10-12H2,1-3H3;6-10,15,17-18H,5,11-13H2,1-2,4H3;6-10,13,15,17H,5,11-12H2,1-2,4H3;2-3H,1H3;3*1H4/t16-,18-,22-;15-,17-,18?,22-;15-,17-,22-;;;;/m000..../s1. The minimum absolute atomic E-state index is 0. The van der Waals surface area contributed by atoms with Crippen LogP contribution < -0.4 is 5.48 Å². The van der Waals surface area contributed by atoms with Gasteiger partial charge in [-0.2, -0.15) is 15.3 Å². The number of carbonyl (C=O) groups excluding carboxylic acids is 2. The lowest BCUT2D eigenvalue weighted by atomic mass is 9.54. The van der Waals surface area contributed by atoms with Crippen molar-refractivity contribution in [1.29, 1.82) is 0 Å². The molecule has 0 amide bonds. The number of hydrogen-bond donors (Lipinski definition) is 2. The van der Waals surface area contributed by atoms with E-state index in [1.807, 2.05) is 60.0 Å². The normalized spacial score (nSPS) is 26.4. The summed E-state index contributed by atoms with van der Waals surface area (Å²) in [6.07, 6.45) is 14.2. The Balaban J connectivity index is 0.000000173. The Morgan fingerprint density at radius 1 is 0.631 bits per heavy atom. The lowest BCUT2D eigenvalue weighted by molar-refractivity contribution is -0.130. The number of hydrogen-bond acceptors (Lipinski definition) is 9. The van der Waals surface area contributed by atoms with E-state index in [0.29, 0.717) is 24.2 Å². The van der Waals surface area contributed by atoms with Crippen molar-refractivity contribution in [3.8, 4) is 33.8 Å². The smallest absolute Gasteiger partial charge is 0.282 e. The molecule has 14 heteroatoms. The molecule has 84 heavy (non-hydrogen) atoms. The summed E-state index contributed by atoms with van der Waals surface area (Å²) in [5.41, 5.74) is 17.5. The highest BCUT2D eigenvalue weighted by Gasteiger charge is 2.57. The van der Waals surface area contributed by atoms with Crippen LogP contribution in [0.3, 0.4) is 0 Å². The van der Waals surface area contributed by atoms with E-state index in [9.17, 15) is 9.59 Å². The number of fused-ring (bicyclic) bond motifs is 10. The quantitative estimate of drug-likeness (QED) is 0.122. The molecule has 6 aliphatic rings. The molecule has 7 aromatic rings. The topological polar surface area (TPSA) is 155 Å². The van der Waals surface area contributed by atoms with Gasteiger partial charge in [0.15, 0.2) is 5.78 Å². The maximum atomic E-state index is 12.8. The third-order valence-electron chi connectivity index (χ3n) is 19.7. The van der Waals surface area contributed by atoms with E-state index in [0.717, 1.165) is 80.6 Å². The molecular weight excluding hydrogens is 1040 g/mol. The highest BCUT2D eigenvalue weighted by Crippen LogP contribution is 2.57. The van der Waals surface area contributed by atoms with E-state index in [1.54, 1.807) is 5.48 Å². The predicted molar refractivity (Wildman–Crippen MR) is 335 cm³/mol. The maximum absolute atomic E-state index is 12.8. The first-order chi connectivity index (χ1) is 39.1. The van der Waals surface area contributed by atoms with Gasteiger partial charge in [-0.25, -0.2) is 16.9 Å². The minimum Gasteiger partial charge on any atom is -0.361 e. The summed E-state index contributed by atoms with van der Waals surface area (Å²) < 4.78 is 11.7. The Morgan fingerprint density at radius 3 is 1.49 bits per heavy atom. The van der Waals surface area contributed by atoms with Crippen LogP contribution in [-0.2, 0) is 72.7 Å². The Kier molecular flexibility index (Phi) is 19.6. The van der Waals surface area contributed by atoms with Crippen molar-refractivity contribution in [2.45, 2.75) is 163 Å². The average molecular weight is 1140 g/mol. The van der Waals surface area contributed by atoms with Crippen LogP contribution in [0.25, 0.3) is 43.5 Å². The number of Topliss-reactive ketones (excluding diaryl/α,β-unsaturated/α-hetero) is 2. The molecule has 444 valence electrons. The van der Waals surface area contributed by atoms with Crippen LogP contribution in [0.4, 0.5) is 0 Å². The lowest BCUT2D eigenvalue weighted by Gasteiger charge is -2.47. The summed E-state index contributed by atoms with van der Waals surface area (Å²) in [4.78, 5) is 32.7. The third-order valence-corrected chi connectivity index (χ3v) is 19.7. The van der Waals surface area contributed by atoms with Crippen molar-refractivity contribution in [1.82, 2.24) is 40.0 Å². The van der Waals surface area contributed by atoms with Gasteiger partial charge in [-0.05, 0) is 82.0 Å². The molecule has 0 bridgehead atoms. The van der Waals surface area contributed by atoms with Crippen LogP contribution >= 0.6 is 0 Å². The monoisotopic (exact) mass is 1130 g/mol. The molecule has 0 radical (unpaired) electrons. The van der Waals surface area contributed by atoms with Crippen LogP contribution in [0.1, 0.15) is 160 Å². The first kappa shape index (κ1) is 64.0. The van der Waals surface area contributed by atoms with Gasteiger partial charge in [0.2, 0.25) is 11.5 Å². The van der Waals surface area contributed by atoms with E-state index in [1.165, 1.54) is 69.5 Å². The van der Waals surface area contributed by atoms with Crippen LogP contribution in [-0.4, -0.2) is 64.4 Å².